The number of para-hydroxylation sites is 1. The van der Waals surface area contributed by atoms with Crippen LogP contribution in [0.5, 0.6) is 0 Å². The number of nitrogens with zero attached hydrogens (tertiary/aromatic N) is 1. The minimum Gasteiger partial charge on any atom is -0.462 e. The number of hydrogen-bond acceptors (Lipinski definition) is 4. The van der Waals surface area contributed by atoms with Gasteiger partial charge in [-0.25, -0.2) is 4.79 Å². The predicted molar refractivity (Wildman–Crippen MR) is 125 cm³/mol. The molecule has 0 radical (unpaired) electrons. The van der Waals surface area contributed by atoms with Crippen LogP contribution in [-0.2, 0) is 14.3 Å². The Morgan fingerprint density at radius 1 is 1.19 bits per heavy atom. The lowest BCUT2D eigenvalue weighted by atomic mass is 10.0. The summed E-state index contributed by atoms with van der Waals surface area (Å²) >= 11 is 5.93. The lowest BCUT2D eigenvalue weighted by Gasteiger charge is -2.30. The first-order valence-electron chi connectivity index (χ1n) is 10.1. The number of rotatable bonds is 9. The molecule has 0 aliphatic heterocycles. The molecule has 3 aromatic rings. The molecular weight excluding hydrogens is 430 g/mol. The van der Waals surface area contributed by atoms with Crippen LogP contribution in [0.4, 0.5) is 5.69 Å². The van der Waals surface area contributed by atoms with Crippen molar-refractivity contribution in [3.05, 3.63) is 78.5 Å². The molecule has 1 atom stereocenters. The molecule has 2 amide bonds. The van der Waals surface area contributed by atoms with Crippen molar-refractivity contribution in [1.29, 1.82) is 0 Å². The number of ether oxygens (including phenoxy) is 1. The van der Waals surface area contributed by atoms with Crippen molar-refractivity contribution in [3.8, 4) is 0 Å². The van der Waals surface area contributed by atoms with Crippen LogP contribution < -0.4 is 10.2 Å². The Kier molecular flexibility index (Phi) is 7.68. The molecule has 1 aromatic heterocycles. The van der Waals surface area contributed by atoms with Gasteiger partial charge in [-0.3, -0.25) is 14.5 Å². The zero-order valence-corrected chi connectivity index (χ0v) is 18.4. The first-order valence-corrected chi connectivity index (χ1v) is 10.6. The molecule has 0 saturated heterocycles. The quantitative estimate of drug-likeness (QED) is 0.291. The number of alkyl halides is 1. The summed E-state index contributed by atoms with van der Waals surface area (Å²) in [6.07, 6.45) is 3.27. The maximum atomic E-state index is 13.3. The summed E-state index contributed by atoms with van der Waals surface area (Å²) in [5.74, 6) is -1.64. The third kappa shape index (κ3) is 4.84. The average Bonchev–Trinajstić information content (AvgIpc) is 3.24. The van der Waals surface area contributed by atoms with Crippen LogP contribution in [0, 0.1) is 0 Å². The van der Waals surface area contributed by atoms with Crippen LogP contribution in [0.15, 0.2) is 67.4 Å². The van der Waals surface area contributed by atoms with E-state index < -0.39 is 17.9 Å². The van der Waals surface area contributed by atoms with Crippen molar-refractivity contribution in [2.45, 2.75) is 13.0 Å². The maximum absolute atomic E-state index is 13.3. The fourth-order valence-electron chi connectivity index (χ4n) is 3.46. The molecule has 0 fully saturated rings. The molecule has 8 heteroatoms. The van der Waals surface area contributed by atoms with E-state index in [0.717, 1.165) is 10.9 Å². The number of carbonyl (C=O) groups is 3. The molecule has 1 heterocycles. The second-order valence-electron chi connectivity index (χ2n) is 6.89. The summed E-state index contributed by atoms with van der Waals surface area (Å²) in [7, 11) is 0. The van der Waals surface area contributed by atoms with E-state index in [1.54, 1.807) is 43.5 Å². The van der Waals surface area contributed by atoms with E-state index in [4.69, 9.17) is 16.3 Å². The summed E-state index contributed by atoms with van der Waals surface area (Å²) < 4.78 is 5.02. The van der Waals surface area contributed by atoms with Gasteiger partial charge in [0.25, 0.3) is 0 Å². The van der Waals surface area contributed by atoms with E-state index in [-0.39, 0.29) is 24.9 Å². The number of hydrogen-bond donors (Lipinski definition) is 2. The number of amides is 2. The number of carbonyl (C=O) groups excluding carboxylic acids is 3. The number of benzene rings is 2. The lowest BCUT2D eigenvalue weighted by Crippen LogP contribution is -2.44. The van der Waals surface area contributed by atoms with Gasteiger partial charge in [-0.15, -0.1) is 18.2 Å². The zero-order chi connectivity index (χ0) is 23.1. The van der Waals surface area contributed by atoms with Gasteiger partial charge in [0.1, 0.15) is 11.9 Å². The van der Waals surface area contributed by atoms with Gasteiger partial charge in [0.05, 0.1) is 12.2 Å². The molecule has 3 rings (SSSR count). The maximum Gasteiger partial charge on any atom is 0.338 e. The Morgan fingerprint density at radius 2 is 1.91 bits per heavy atom. The van der Waals surface area contributed by atoms with Crippen molar-refractivity contribution in [3.63, 3.8) is 0 Å². The van der Waals surface area contributed by atoms with Crippen LogP contribution in [0.2, 0.25) is 0 Å². The van der Waals surface area contributed by atoms with Crippen molar-refractivity contribution in [2.24, 2.45) is 0 Å². The van der Waals surface area contributed by atoms with Crippen molar-refractivity contribution in [1.82, 2.24) is 10.3 Å². The first kappa shape index (κ1) is 23.1. The fraction of sp³-hybridized carbons (Fsp3) is 0.208. The summed E-state index contributed by atoms with van der Waals surface area (Å²) in [5, 5.41) is 3.59. The Bertz CT molecular complexity index is 1120. The molecule has 32 heavy (non-hydrogen) atoms. The van der Waals surface area contributed by atoms with Crippen LogP contribution in [0.25, 0.3) is 10.9 Å². The van der Waals surface area contributed by atoms with Gasteiger partial charge < -0.3 is 15.0 Å². The van der Waals surface area contributed by atoms with Gasteiger partial charge in [-0.1, -0.05) is 24.3 Å². The van der Waals surface area contributed by atoms with E-state index in [9.17, 15) is 14.4 Å². The van der Waals surface area contributed by atoms with E-state index in [0.29, 0.717) is 16.8 Å². The third-order valence-corrected chi connectivity index (χ3v) is 5.11. The standard InChI is InChI=1S/C24H24ClN3O4/c1-3-13-26-23(30)22(19-15-27-20-8-6-5-7-18(19)20)28(21(29)14-25)17-11-9-16(10-12-17)24(31)32-4-2/h3,5-12,15,22,27H,1,4,13-14H2,2H3,(H,26,30). The number of esters is 1. The first-order chi connectivity index (χ1) is 15.5. The van der Waals surface area contributed by atoms with Gasteiger partial charge in [0.15, 0.2) is 0 Å². The number of aromatic nitrogens is 1. The van der Waals surface area contributed by atoms with E-state index in [1.807, 2.05) is 24.3 Å². The molecule has 0 aliphatic carbocycles. The summed E-state index contributed by atoms with van der Waals surface area (Å²) in [6, 6.07) is 12.8. The monoisotopic (exact) mass is 453 g/mol. The second-order valence-corrected chi connectivity index (χ2v) is 7.16. The Labute approximate surface area is 191 Å². The summed E-state index contributed by atoms with van der Waals surface area (Å²) in [5.41, 5.74) is 2.22. The van der Waals surface area contributed by atoms with Crippen molar-refractivity contribution >= 4 is 46.0 Å². The molecule has 7 nitrogen and oxygen atoms in total. The van der Waals surface area contributed by atoms with Crippen LogP contribution in [-0.4, -0.2) is 41.8 Å². The fourth-order valence-corrected chi connectivity index (χ4v) is 3.59. The number of halogens is 1. The number of H-pyrrole nitrogens is 1. The summed E-state index contributed by atoms with van der Waals surface area (Å²) in [6.45, 7) is 5.85. The van der Waals surface area contributed by atoms with E-state index in [2.05, 4.69) is 16.9 Å². The number of nitrogens with one attached hydrogen (secondary N) is 2. The SMILES string of the molecule is C=CCNC(=O)C(c1c[nH]c2ccccc12)N(C(=O)CCl)c1ccc(C(=O)OCC)cc1. The topological polar surface area (TPSA) is 91.5 Å². The number of anilines is 1. The minimum absolute atomic E-state index is 0.238. The van der Waals surface area contributed by atoms with Gasteiger partial charge in [-0.05, 0) is 37.3 Å². The number of fused-ring (bicyclic) bond motifs is 1. The molecule has 2 N–H and O–H groups in total. The highest BCUT2D eigenvalue weighted by Crippen LogP contribution is 2.33. The third-order valence-electron chi connectivity index (χ3n) is 4.88. The largest absolute Gasteiger partial charge is 0.462 e. The molecule has 0 saturated carbocycles. The van der Waals surface area contributed by atoms with E-state index >= 15 is 0 Å². The highest BCUT2D eigenvalue weighted by molar-refractivity contribution is 6.30. The highest BCUT2D eigenvalue weighted by Gasteiger charge is 2.34. The summed E-state index contributed by atoms with van der Waals surface area (Å²) in [4.78, 5) is 42.7. The molecule has 0 bridgehead atoms. The lowest BCUT2D eigenvalue weighted by molar-refractivity contribution is -0.125. The van der Waals surface area contributed by atoms with Crippen molar-refractivity contribution in [2.75, 3.05) is 23.9 Å². The highest BCUT2D eigenvalue weighted by atomic mass is 35.5. The molecule has 2 aromatic carbocycles. The van der Waals surface area contributed by atoms with Gasteiger partial charge in [0, 0.05) is 34.9 Å². The Morgan fingerprint density at radius 3 is 2.56 bits per heavy atom. The molecule has 1 unspecified atom stereocenters. The van der Waals surface area contributed by atoms with Crippen LogP contribution in [0.1, 0.15) is 28.9 Å². The van der Waals surface area contributed by atoms with Gasteiger partial charge in [0.2, 0.25) is 11.8 Å². The average molecular weight is 454 g/mol. The van der Waals surface area contributed by atoms with Gasteiger partial charge in [-0.2, -0.15) is 0 Å². The second kappa shape index (κ2) is 10.6. The normalized spacial score (nSPS) is 11.6. The molecule has 166 valence electrons. The smallest absolute Gasteiger partial charge is 0.338 e. The van der Waals surface area contributed by atoms with Crippen LogP contribution >= 0.6 is 11.6 Å². The molecule has 0 spiro atoms. The predicted octanol–water partition coefficient (Wildman–Crippen LogP) is 3.96. The molecule has 0 aliphatic rings. The molecular formula is C24H24ClN3O4. The Hall–Kier alpha value is -3.58. The van der Waals surface area contributed by atoms with E-state index in [1.165, 1.54) is 4.90 Å². The zero-order valence-electron chi connectivity index (χ0n) is 17.6. The Balaban J connectivity index is 2.11. The minimum atomic E-state index is -0.995. The van der Waals surface area contributed by atoms with Crippen LogP contribution in [0.3, 0.4) is 0 Å². The van der Waals surface area contributed by atoms with Crippen molar-refractivity contribution < 1.29 is 19.1 Å². The van der Waals surface area contributed by atoms with Gasteiger partial charge >= 0.3 is 5.97 Å². The number of aromatic amines is 1.